The van der Waals surface area contributed by atoms with Crippen molar-refractivity contribution in [3.05, 3.63) is 23.6 Å². The van der Waals surface area contributed by atoms with Crippen molar-refractivity contribution in [3.8, 4) is 5.88 Å². The van der Waals surface area contributed by atoms with E-state index >= 15 is 0 Å². The second-order valence-corrected chi connectivity index (χ2v) is 3.71. The van der Waals surface area contributed by atoms with E-state index in [4.69, 9.17) is 4.74 Å². The molecule has 2 rings (SSSR count). The molecule has 0 radical (unpaired) electrons. The van der Waals surface area contributed by atoms with Crippen LogP contribution < -0.4 is 4.74 Å². The van der Waals surface area contributed by atoms with Gasteiger partial charge >= 0.3 is 0 Å². The molecule has 1 aliphatic rings. The highest BCUT2D eigenvalue weighted by Gasteiger charge is 2.20. The van der Waals surface area contributed by atoms with Gasteiger partial charge in [-0.2, -0.15) is 0 Å². The van der Waals surface area contributed by atoms with E-state index in [9.17, 15) is 9.18 Å². The summed E-state index contributed by atoms with van der Waals surface area (Å²) in [7, 11) is 0. The highest BCUT2D eigenvalue weighted by atomic mass is 19.1. The molecule has 0 N–H and O–H groups in total. The molecule has 0 saturated heterocycles. The fraction of sp³-hybridized carbons (Fsp3) is 0.455. The van der Waals surface area contributed by atoms with Crippen LogP contribution in [0.4, 0.5) is 4.39 Å². The SMILES string of the molecule is CC(=O)c1nc(OC2CCC2)ccc1F. The van der Waals surface area contributed by atoms with E-state index in [1.165, 1.54) is 19.1 Å². The van der Waals surface area contributed by atoms with Crippen LogP contribution in [0.2, 0.25) is 0 Å². The van der Waals surface area contributed by atoms with Crippen molar-refractivity contribution in [1.82, 2.24) is 4.98 Å². The van der Waals surface area contributed by atoms with Gasteiger partial charge in [-0.3, -0.25) is 4.79 Å². The first-order valence-electron chi connectivity index (χ1n) is 5.01. The number of carbonyl (C=O) groups is 1. The summed E-state index contributed by atoms with van der Waals surface area (Å²) in [6.45, 7) is 1.29. The average molecular weight is 209 g/mol. The van der Waals surface area contributed by atoms with Crippen LogP contribution in [0.15, 0.2) is 12.1 Å². The van der Waals surface area contributed by atoms with Gasteiger partial charge in [-0.1, -0.05) is 0 Å². The van der Waals surface area contributed by atoms with E-state index < -0.39 is 5.82 Å². The molecule has 80 valence electrons. The number of Topliss-reactive ketones (excluding diaryl/α,β-unsaturated/α-hetero) is 1. The summed E-state index contributed by atoms with van der Waals surface area (Å²) < 4.78 is 18.6. The first kappa shape index (κ1) is 10.1. The summed E-state index contributed by atoms with van der Waals surface area (Å²) in [5.74, 6) is -0.638. The minimum absolute atomic E-state index is 0.146. The van der Waals surface area contributed by atoms with E-state index in [0.717, 1.165) is 19.3 Å². The highest BCUT2D eigenvalue weighted by Crippen LogP contribution is 2.24. The van der Waals surface area contributed by atoms with Gasteiger partial charge in [-0.05, 0) is 25.3 Å². The molecule has 0 spiro atoms. The van der Waals surface area contributed by atoms with Gasteiger partial charge in [0, 0.05) is 13.0 Å². The van der Waals surface area contributed by atoms with E-state index in [0.29, 0.717) is 5.88 Å². The van der Waals surface area contributed by atoms with Gasteiger partial charge in [-0.25, -0.2) is 9.37 Å². The van der Waals surface area contributed by atoms with Gasteiger partial charge in [0.05, 0.1) is 0 Å². The maximum Gasteiger partial charge on any atom is 0.214 e. The van der Waals surface area contributed by atoms with Crippen LogP contribution in [0, 0.1) is 5.82 Å². The number of hydrogen-bond donors (Lipinski definition) is 0. The zero-order valence-corrected chi connectivity index (χ0v) is 8.50. The van der Waals surface area contributed by atoms with Gasteiger partial charge in [-0.15, -0.1) is 0 Å². The lowest BCUT2D eigenvalue weighted by Gasteiger charge is -2.25. The summed E-state index contributed by atoms with van der Waals surface area (Å²) in [5, 5.41) is 0. The number of rotatable bonds is 3. The monoisotopic (exact) mass is 209 g/mol. The lowest BCUT2D eigenvalue weighted by Crippen LogP contribution is -2.25. The number of pyridine rings is 1. The minimum Gasteiger partial charge on any atom is -0.474 e. The first-order chi connectivity index (χ1) is 7.16. The fourth-order valence-electron chi connectivity index (χ4n) is 1.40. The van der Waals surface area contributed by atoms with Gasteiger partial charge < -0.3 is 4.74 Å². The third-order valence-corrected chi connectivity index (χ3v) is 2.49. The van der Waals surface area contributed by atoms with E-state index in [2.05, 4.69) is 4.98 Å². The maximum atomic E-state index is 13.1. The zero-order chi connectivity index (χ0) is 10.8. The molecular formula is C11H12FNO2. The highest BCUT2D eigenvalue weighted by molar-refractivity contribution is 5.92. The van der Waals surface area contributed by atoms with Gasteiger partial charge in [0.2, 0.25) is 5.88 Å². The molecule has 0 aromatic carbocycles. The molecule has 1 aromatic heterocycles. The van der Waals surface area contributed by atoms with Crippen molar-refractivity contribution in [2.45, 2.75) is 32.3 Å². The van der Waals surface area contributed by atoms with Crippen molar-refractivity contribution in [1.29, 1.82) is 0 Å². The maximum absolute atomic E-state index is 13.1. The molecule has 0 unspecified atom stereocenters. The molecule has 0 atom stereocenters. The minimum atomic E-state index is -0.594. The van der Waals surface area contributed by atoms with Crippen LogP contribution in [0.5, 0.6) is 5.88 Å². The Hall–Kier alpha value is -1.45. The smallest absolute Gasteiger partial charge is 0.214 e. The largest absolute Gasteiger partial charge is 0.474 e. The molecule has 1 saturated carbocycles. The molecule has 1 heterocycles. The van der Waals surface area contributed by atoms with Crippen LogP contribution in [-0.2, 0) is 0 Å². The molecule has 3 nitrogen and oxygen atoms in total. The Morgan fingerprint density at radius 3 is 2.80 bits per heavy atom. The number of nitrogens with zero attached hydrogens (tertiary/aromatic N) is 1. The Labute approximate surface area is 87.3 Å². The Morgan fingerprint density at radius 2 is 2.27 bits per heavy atom. The summed E-state index contributed by atoms with van der Waals surface area (Å²) in [4.78, 5) is 14.9. The molecule has 1 aliphatic carbocycles. The Bertz CT molecular complexity index is 388. The number of ketones is 1. The van der Waals surface area contributed by atoms with Crippen molar-refractivity contribution >= 4 is 5.78 Å². The van der Waals surface area contributed by atoms with Crippen molar-refractivity contribution in [2.24, 2.45) is 0 Å². The standard InChI is InChI=1S/C11H12FNO2/c1-7(14)11-9(12)5-6-10(13-11)15-8-3-2-4-8/h5-6,8H,2-4H2,1H3. The normalized spacial score (nSPS) is 15.9. The lowest BCUT2D eigenvalue weighted by molar-refractivity contribution is 0.0990. The molecule has 0 amide bonds. The summed E-state index contributed by atoms with van der Waals surface area (Å²) >= 11 is 0. The number of halogens is 1. The van der Waals surface area contributed by atoms with Crippen LogP contribution in [0.25, 0.3) is 0 Å². The Kier molecular flexibility index (Phi) is 2.66. The molecule has 1 aromatic rings. The first-order valence-corrected chi connectivity index (χ1v) is 5.01. The third kappa shape index (κ3) is 2.14. The van der Waals surface area contributed by atoms with Gasteiger partial charge in [0.15, 0.2) is 11.6 Å². The predicted octanol–water partition coefficient (Wildman–Crippen LogP) is 2.35. The lowest BCUT2D eigenvalue weighted by atomic mass is 9.96. The predicted molar refractivity (Wildman–Crippen MR) is 52.5 cm³/mol. The van der Waals surface area contributed by atoms with E-state index in [1.54, 1.807) is 0 Å². The summed E-state index contributed by atoms with van der Waals surface area (Å²) in [5.41, 5.74) is -0.146. The second kappa shape index (κ2) is 3.96. The van der Waals surface area contributed by atoms with Gasteiger partial charge in [0.25, 0.3) is 0 Å². The molecule has 15 heavy (non-hydrogen) atoms. The number of hydrogen-bond acceptors (Lipinski definition) is 3. The summed E-state index contributed by atoms with van der Waals surface area (Å²) in [6, 6.07) is 2.68. The molecule has 0 aliphatic heterocycles. The third-order valence-electron chi connectivity index (χ3n) is 2.49. The Balaban J connectivity index is 2.17. The zero-order valence-electron chi connectivity index (χ0n) is 8.50. The quantitative estimate of drug-likeness (QED) is 0.717. The van der Waals surface area contributed by atoms with E-state index in [-0.39, 0.29) is 17.6 Å². The Morgan fingerprint density at radius 1 is 1.53 bits per heavy atom. The topological polar surface area (TPSA) is 39.2 Å². The van der Waals surface area contributed by atoms with Gasteiger partial charge in [0.1, 0.15) is 11.8 Å². The fourth-order valence-corrected chi connectivity index (χ4v) is 1.40. The van der Waals surface area contributed by atoms with Crippen LogP contribution in [0.3, 0.4) is 0 Å². The van der Waals surface area contributed by atoms with E-state index in [1.807, 2.05) is 0 Å². The molecule has 0 bridgehead atoms. The van der Waals surface area contributed by atoms with Crippen LogP contribution >= 0.6 is 0 Å². The second-order valence-electron chi connectivity index (χ2n) is 3.71. The number of aromatic nitrogens is 1. The molecule has 1 fully saturated rings. The average Bonchev–Trinajstić information content (AvgIpc) is 2.13. The number of ether oxygens (including phenoxy) is 1. The molecule has 4 heteroatoms. The van der Waals surface area contributed by atoms with Crippen molar-refractivity contribution in [3.63, 3.8) is 0 Å². The van der Waals surface area contributed by atoms with Crippen molar-refractivity contribution in [2.75, 3.05) is 0 Å². The molecular weight excluding hydrogens is 197 g/mol. The van der Waals surface area contributed by atoms with Crippen LogP contribution in [0.1, 0.15) is 36.7 Å². The van der Waals surface area contributed by atoms with Crippen LogP contribution in [-0.4, -0.2) is 16.9 Å². The number of carbonyl (C=O) groups excluding carboxylic acids is 1. The van der Waals surface area contributed by atoms with Crippen molar-refractivity contribution < 1.29 is 13.9 Å². The summed E-state index contributed by atoms with van der Waals surface area (Å²) in [6.07, 6.45) is 3.36.